The van der Waals surface area contributed by atoms with Crippen molar-refractivity contribution in [2.24, 2.45) is 10.2 Å². The molecule has 0 aromatic heterocycles. The van der Waals surface area contributed by atoms with Gasteiger partial charge in [0.1, 0.15) is 11.5 Å². The van der Waals surface area contributed by atoms with Crippen molar-refractivity contribution in [3.05, 3.63) is 59.7 Å². The van der Waals surface area contributed by atoms with Crippen molar-refractivity contribution < 1.29 is 19.1 Å². The molecule has 2 amide bonds. The average Bonchev–Trinajstić information content (AvgIpc) is 2.74. The van der Waals surface area contributed by atoms with E-state index in [1.54, 1.807) is 26.4 Å². The maximum Gasteiger partial charge on any atom is 0.240 e. The number of hydrazone groups is 2. The summed E-state index contributed by atoms with van der Waals surface area (Å²) < 4.78 is 10.2. The van der Waals surface area contributed by atoms with Gasteiger partial charge in [-0.1, -0.05) is 24.3 Å². The Hall–Kier alpha value is -3.68. The Morgan fingerprint density at radius 3 is 1.69 bits per heavy atom. The Morgan fingerprint density at radius 2 is 1.28 bits per heavy atom. The van der Waals surface area contributed by atoms with Crippen molar-refractivity contribution in [3.8, 4) is 11.5 Å². The predicted octanol–water partition coefficient (Wildman–Crippen LogP) is 2.47. The van der Waals surface area contributed by atoms with Crippen molar-refractivity contribution in [2.75, 3.05) is 14.2 Å². The van der Waals surface area contributed by atoms with Gasteiger partial charge in [0, 0.05) is 12.8 Å². The normalized spacial score (nSPS) is 10.8. The lowest BCUT2D eigenvalue weighted by atomic mass is 10.2. The van der Waals surface area contributed by atoms with Gasteiger partial charge in [0.15, 0.2) is 0 Å². The van der Waals surface area contributed by atoms with Crippen LogP contribution in [-0.4, -0.2) is 38.5 Å². The van der Waals surface area contributed by atoms with E-state index in [2.05, 4.69) is 21.1 Å². The predicted molar refractivity (Wildman–Crippen MR) is 111 cm³/mol. The van der Waals surface area contributed by atoms with E-state index in [-0.39, 0.29) is 24.7 Å². The van der Waals surface area contributed by atoms with Gasteiger partial charge in [-0.15, -0.1) is 0 Å². The zero-order valence-corrected chi connectivity index (χ0v) is 16.4. The number of hydrogen-bond donors (Lipinski definition) is 2. The van der Waals surface area contributed by atoms with E-state index >= 15 is 0 Å². The molecule has 2 N–H and O–H groups in total. The topological polar surface area (TPSA) is 101 Å². The number of carbonyl (C=O) groups excluding carboxylic acids is 2. The van der Waals surface area contributed by atoms with Crippen molar-refractivity contribution in [1.29, 1.82) is 0 Å². The molecule has 8 heteroatoms. The van der Waals surface area contributed by atoms with Gasteiger partial charge in [0.25, 0.3) is 0 Å². The lowest BCUT2D eigenvalue weighted by molar-refractivity contribution is -0.122. The Morgan fingerprint density at radius 1 is 0.828 bits per heavy atom. The van der Waals surface area contributed by atoms with E-state index in [4.69, 9.17) is 9.47 Å². The molecule has 2 aromatic carbocycles. The lowest BCUT2D eigenvalue weighted by Crippen LogP contribution is -2.20. The summed E-state index contributed by atoms with van der Waals surface area (Å²) >= 11 is 0. The average molecular weight is 396 g/mol. The highest BCUT2D eigenvalue weighted by Gasteiger charge is 2.04. The van der Waals surface area contributed by atoms with Crippen LogP contribution in [0.1, 0.15) is 30.4 Å². The molecule has 0 aliphatic carbocycles. The molecule has 0 aliphatic heterocycles. The number of hydrogen-bond acceptors (Lipinski definition) is 6. The lowest BCUT2D eigenvalue weighted by Gasteiger charge is -2.02. The fraction of sp³-hybridized carbons (Fsp3) is 0.238. The summed E-state index contributed by atoms with van der Waals surface area (Å²) in [4.78, 5) is 23.5. The van der Waals surface area contributed by atoms with Crippen LogP contribution >= 0.6 is 0 Å². The minimum absolute atomic E-state index is 0.183. The second-order valence-electron chi connectivity index (χ2n) is 5.99. The van der Waals surface area contributed by atoms with Crippen LogP contribution in [-0.2, 0) is 9.59 Å². The monoisotopic (exact) mass is 396 g/mol. The minimum Gasteiger partial charge on any atom is -0.497 e. The number of carbonyl (C=O) groups is 2. The number of rotatable bonds is 10. The van der Waals surface area contributed by atoms with Crippen molar-refractivity contribution in [2.45, 2.75) is 19.3 Å². The number of benzene rings is 2. The molecule has 0 aliphatic rings. The van der Waals surface area contributed by atoms with Gasteiger partial charge in [-0.2, -0.15) is 10.2 Å². The van der Waals surface area contributed by atoms with Crippen LogP contribution in [0.5, 0.6) is 11.5 Å². The Balaban J connectivity index is 1.65. The first-order chi connectivity index (χ1) is 14.1. The molecule has 2 rings (SSSR count). The number of nitrogens with zero attached hydrogens (tertiary/aromatic N) is 2. The first-order valence-electron chi connectivity index (χ1n) is 9.02. The van der Waals surface area contributed by atoms with Crippen LogP contribution in [0.15, 0.2) is 58.7 Å². The molecule has 0 radical (unpaired) electrons. The summed E-state index contributed by atoms with van der Waals surface area (Å²) in [6.07, 6.45) is 3.81. The smallest absolute Gasteiger partial charge is 0.240 e. The summed E-state index contributed by atoms with van der Waals surface area (Å²) in [5.74, 6) is 0.884. The van der Waals surface area contributed by atoms with Crippen LogP contribution in [0, 0.1) is 0 Å². The summed E-state index contributed by atoms with van der Waals surface area (Å²) in [6.45, 7) is 0. The molecule has 2 aromatic rings. The zero-order chi connectivity index (χ0) is 20.9. The molecule has 0 fully saturated rings. The molecular formula is C21H24N4O4. The highest BCUT2D eigenvalue weighted by Crippen LogP contribution is 2.11. The summed E-state index contributed by atoms with van der Waals surface area (Å²) in [7, 11) is 3.16. The van der Waals surface area contributed by atoms with Crippen molar-refractivity contribution in [1.82, 2.24) is 10.9 Å². The van der Waals surface area contributed by atoms with Gasteiger partial charge in [-0.3, -0.25) is 9.59 Å². The summed E-state index contributed by atoms with van der Waals surface area (Å²) in [5, 5.41) is 7.80. The summed E-state index contributed by atoms with van der Waals surface area (Å²) in [6, 6.07) is 14.6. The van der Waals surface area contributed by atoms with E-state index in [1.165, 1.54) is 12.4 Å². The summed E-state index contributed by atoms with van der Waals surface area (Å²) in [5.41, 5.74) is 6.48. The van der Waals surface area contributed by atoms with Gasteiger partial charge >= 0.3 is 0 Å². The first-order valence-corrected chi connectivity index (χ1v) is 9.02. The van der Waals surface area contributed by atoms with Crippen LogP contribution in [0.2, 0.25) is 0 Å². The largest absolute Gasteiger partial charge is 0.497 e. The third-order valence-corrected chi connectivity index (χ3v) is 3.80. The van der Waals surface area contributed by atoms with E-state index < -0.39 is 0 Å². The third kappa shape index (κ3) is 8.25. The standard InChI is InChI=1S/C21H24N4O4/c1-28-18-8-3-6-16(12-18)14-22-24-20(26)10-5-11-21(27)25-23-15-17-7-4-9-19(13-17)29-2/h3-4,6-9,12-15H,5,10-11H2,1-2H3,(H,24,26)(H,25,27)/b22-14+,23-15?. The second-order valence-corrected chi connectivity index (χ2v) is 5.99. The highest BCUT2D eigenvalue weighted by atomic mass is 16.5. The van der Waals surface area contributed by atoms with Gasteiger partial charge in [-0.05, 0) is 41.8 Å². The molecule has 0 spiro atoms. The van der Waals surface area contributed by atoms with Gasteiger partial charge in [0.05, 0.1) is 26.6 Å². The van der Waals surface area contributed by atoms with Gasteiger partial charge in [0.2, 0.25) is 11.8 Å². The molecule has 0 saturated heterocycles. The SMILES string of the molecule is COc1cccc(C=NNC(=O)CCCC(=O)N/N=C/c2cccc(OC)c2)c1. The molecular weight excluding hydrogens is 372 g/mol. The van der Waals surface area contributed by atoms with E-state index in [1.807, 2.05) is 36.4 Å². The van der Waals surface area contributed by atoms with E-state index in [9.17, 15) is 9.59 Å². The first kappa shape index (κ1) is 21.6. The van der Waals surface area contributed by atoms with E-state index in [0.29, 0.717) is 17.9 Å². The fourth-order valence-electron chi connectivity index (χ4n) is 2.32. The quantitative estimate of drug-likeness (QED) is 0.476. The highest BCUT2D eigenvalue weighted by molar-refractivity contribution is 5.84. The second kappa shape index (κ2) is 11.9. The third-order valence-electron chi connectivity index (χ3n) is 3.80. The number of methoxy groups -OCH3 is 2. The molecule has 8 nitrogen and oxygen atoms in total. The molecule has 29 heavy (non-hydrogen) atoms. The van der Waals surface area contributed by atoms with Gasteiger partial charge in [-0.25, -0.2) is 10.9 Å². The van der Waals surface area contributed by atoms with Crippen molar-refractivity contribution in [3.63, 3.8) is 0 Å². The Bertz CT molecular complexity index is 809. The van der Waals surface area contributed by atoms with Crippen LogP contribution in [0.25, 0.3) is 0 Å². The number of ether oxygens (including phenoxy) is 2. The van der Waals surface area contributed by atoms with E-state index in [0.717, 1.165) is 11.1 Å². The number of amides is 2. The Labute approximate surface area is 169 Å². The Kier molecular flexibility index (Phi) is 8.88. The molecule has 0 heterocycles. The van der Waals surface area contributed by atoms with Gasteiger partial charge < -0.3 is 9.47 Å². The molecule has 0 bridgehead atoms. The van der Waals surface area contributed by atoms with Crippen LogP contribution < -0.4 is 20.3 Å². The molecule has 152 valence electrons. The minimum atomic E-state index is -0.267. The molecule has 0 saturated carbocycles. The molecule has 0 unspecified atom stereocenters. The molecule has 0 atom stereocenters. The maximum absolute atomic E-state index is 11.8. The van der Waals surface area contributed by atoms with Crippen LogP contribution in [0.3, 0.4) is 0 Å². The fourth-order valence-corrected chi connectivity index (χ4v) is 2.32. The number of nitrogens with one attached hydrogen (secondary N) is 2. The van der Waals surface area contributed by atoms with Crippen molar-refractivity contribution >= 4 is 24.2 Å². The van der Waals surface area contributed by atoms with Crippen LogP contribution in [0.4, 0.5) is 0 Å². The zero-order valence-electron chi connectivity index (χ0n) is 16.4. The maximum atomic E-state index is 11.8.